The molecule has 1 fully saturated rings. The van der Waals surface area contributed by atoms with Crippen molar-refractivity contribution in [3.8, 4) is 5.75 Å². The maximum atomic E-state index is 12.8. The van der Waals surface area contributed by atoms with Crippen LogP contribution in [0, 0.1) is 6.92 Å². The molecule has 2 amide bonds. The third-order valence-corrected chi connectivity index (χ3v) is 5.70. The number of likely N-dealkylation sites (tertiary alicyclic amines) is 1. The minimum atomic E-state index is -0.166. The molecule has 0 spiro atoms. The van der Waals surface area contributed by atoms with Crippen LogP contribution < -0.4 is 15.4 Å². The SMILES string of the molecule is COc1ccccc1C(CNC(=O)Nc1c(C)cccc1C(C)C)N1CCCC1. The molecule has 29 heavy (non-hydrogen) atoms. The Morgan fingerprint density at radius 1 is 1.07 bits per heavy atom. The summed E-state index contributed by atoms with van der Waals surface area (Å²) in [5.74, 6) is 1.21. The van der Waals surface area contributed by atoms with Crippen LogP contribution in [0.15, 0.2) is 42.5 Å². The fourth-order valence-corrected chi connectivity index (χ4v) is 4.12. The van der Waals surface area contributed by atoms with Crippen LogP contribution in [0.3, 0.4) is 0 Å². The van der Waals surface area contributed by atoms with Crippen molar-refractivity contribution < 1.29 is 9.53 Å². The van der Waals surface area contributed by atoms with E-state index in [2.05, 4.69) is 41.5 Å². The molecule has 1 heterocycles. The molecule has 0 saturated carbocycles. The number of methoxy groups -OCH3 is 1. The first kappa shape index (κ1) is 21.2. The molecule has 156 valence electrons. The number of para-hydroxylation sites is 2. The number of anilines is 1. The van der Waals surface area contributed by atoms with Crippen LogP contribution in [0.25, 0.3) is 0 Å². The van der Waals surface area contributed by atoms with Gasteiger partial charge in [0.2, 0.25) is 0 Å². The van der Waals surface area contributed by atoms with Crippen molar-refractivity contribution in [2.45, 2.75) is 45.6 Å². The van der Waals surface area contributed by atoms with Crippen molar-refractivity contribution >= 4 is 11.7 Å². The summed E-state index contributed by atoms with van der Waals surface area (Å²) < 4.78 is 5.59. The zero-order valence-electron chi connectivity index (χ0n) is 18.0. The highest BCUT2D eigenvalue weighted by atomic mass is 16.5. The molecular formula is C24H33N3O2. The minimum absolute atomic E-state index is 0.0980. The Bertz CT molecular complexity index is 829. The first-order valence-electron chi connectivity index (χ1n) is 10.5. The summed E-state index contributed by atoms with van der Waals surface area (Å²) in [4.78, 5) is 15.2. The molecule has 1 atom stereocenters. The third kappa shape index (κ3) is 5.10. The van der Waals surface area contributed by atoms with Crippen LogP contribution in [-0.2, 0) is 0 Å². The van der Waals surface area contributed by atoms with Gasteiger partial charge >= 0.3 is 6.03 Å². The number of benzene rings is 2. The Morgan fingerprint density at radius 3 is 2.45 bits per heavy atom. The summed E-state index contributed by atoms with van der Waals surface area (Å²) in [6.45, 7) is 8.94. The maximum Gasteiger partial charge on any atom is 0.319 e. The van der Waals surface area contributed by atoms with E-state index in [0.717, 1.165) is 41.2 Å². The minimum Gasteiger partial charge on any atom is -0.496 e. The number of hydrogen-bond acceptors (Lipinski definition) is 3. The van der Waals surface area contributed by atoms with Crippen molar-refractivity contribution in [2.75, 3.05) is 32.1 Å². The lowest BCUT2D eigenvalue weighted by atomic mass is 9.98. The fourth-order valence-electron chi connectivity index (χ4n) is 4.12. The Labute approximate surface area is 174 Å². The second-order valence-corrected chi connectivity index (χ2v) is 8.03. The molecule has 5 nitrogen and oxygen atoms in total. The van der Waals surface area contributed by atoms with Crippen molar-refractivity contribution in [1.29, 1.82) is 0 Å². The van der Waals surface area contributed by atoms with Crippen LogP contribution in [0.4, 0.5) is 10.5 Å². The van der Waals surface area contributed by atoms with Gasteiger partial charge in [-0.25, -0.2) is 4.79 Å². The number of aryl methyl sites for hydroxylation is 1. The summed E-state index contributed by atoms with van der Waals surface area (Å²) >= 11 is 0. The molecule has 0 radical (unpaired) electrons. The van der Waals surface area contributed by atoms with Gasteiger partial charge in [-0.3, -0.25) is 4.90 Å². The van der Waals surface area contributed by atoms with Crippen LogP contribution in [-0.4, -0.2) is 37.7 Å². The topological polar surface area (TPSA) is 53.6 Å². The molecule has 1 aliphatic heterocycles. The largest absolute Gasteiger partial charge is 0.496 e. The maximum absolute atomic E-state index is 12.8. The number of amides is 2. The van der Waals surface area contributed by atoms with E-state index in [0.29, 0.717) is 12.5 Å². The number of hydrogen-bond donors (Lipinski definition) is 2. The number of nitrogens with one attached hydrogen (secondary N) is 2. The number of carbonyl (C=O) groups excluding carboxylic acids is 1. The molecule has 3 rings (SSSR count). The van der Waals surface area contributed by atoms with Crippen molar-refractivity contribution in [3.63, 3.8) is 0 Å². The Balaban J connectivity index is 1.74. The second-order valence-electron chi connectivity index (χ2n) is 8.03. The molecule has 0 aliphatic carbocycles. The third-order valence-electron chi connectivity index (χ3n) is 5.70. The average molecular weight is 396 g/mol. The molecule has 2 aromatic carbocycles. The van der Waals surface area contributed by atoms with Crippen LogP contribution >= 0.6 is 0 Å². The lowest BCUT2D eigenvalue weighted by molar-refractivity contribution is 0.224. The Kier molecular flexibility index (Phi) is 7.15. The number of carbonyl (C=O) groups is 1. The van der Waals surface area contributed by atoms with Gasteiger partial charge in [0.1, 0.15) is 5.75 Å². The molecule has 0 aromatic heterocycles. The van der Waals surface area contributed by atoms with Crippen molar-refractivity contribution in [2.24, 2.45) is 0 Å². The normalized spacial score (nSPS) is 15.3. The van der Waals surface area contributed by atoms with Gasteiger partial charge < -0.3 is 15.4 Å². The highest BCUT2D eigenvalue weighted by molar-refractivity contribution is 5.91. The number of nitrogens with zero attached hydrogens (tertiary/aromatic N) is 1. The summed E-state index contributed by atoms with van der Waals surface area (Å²) in [5.41, 5.74) is 4.26. The highest BCUT2D eigenvalue weighted by Crippen LogP contribution is 2.31. The van der Waals surface area contributed by atoms with E-state index in [1.807, 2.05) is 37.3 Å². The molecular weight excluding hydrogens is 362 g/mol. The monoisotopic (exact) mass is 395 g/mol. The van der Waals surface area contributed by atoms with E-state index < -0.39 is 0 Å². The van der Waals surface area contributed by atoms with Gasteiger partial charge in [-0.15, -0.1) is 0 Å². The van der Waals surface area contributed by atoms with Crippen molar-refractivity contribution in [3.05, 3.63) is 59.2 Å². The van der Waals surface area contributed by atoms with Gasteiger partial charge in [0.15, 0.2) is 0 Å². The summed E-state index contributed by atoms with van der Waals surface area (Å²) in [6, 6.07) is 14.2. The molecule has 0 bridgehead atoms. The molecule has 5 heteroatoms. The van der Waals surface area contributed by atoms with E-state index in [9.17, 15) is 4.79 Å². The summed E-state index contributed by atoms with van der Waals surface area (Å²) in [6.07, 6.45) is 2.39. The quantitative estimate of drug-likeness (QED) is 0.687. The molecule has 2 aromatic rings. The molecule has 2 N–H and O–H groups in total. The van der Waals surface area contributed by atoms with Crippen LogP contribution in [0.2, 0.25) is 0 Å². The van der Waals surface area contributed by atoms with Gasteiger partial charge in [0.05, 0.1) is 13.2 Å². The number of ether oxygens (including phenoxy) is 1. The first-order chi connectivity index (χ1) is 14.0. The zero-order chi connectivity index (χ0) is 20.8. The predicted octanol–water partition coefficient (Wildman–Crippen LogP) is 5.09. The van der Waals surface area contributed by atoms with E-state index in [1.54, 1.807) is 7.11 Å². The van der Waals surface area contributed by atoms with E-state index in [1.165, 1.54) is 12.8 Å². The average Bonchev–Trinajstić information content (AvgIpc) is 3.24. The van der Waals surface area contributed by atoms with E-state index in [-0.39, 0.29) is 12.1 Å². The van der Waals surface area contributed by atoms with E-state index >= 15 is 0 Å². The first-order valence-corrected chi connectivity index (χ1v) is 10.5. The van der Waals surface area contributed by atoms with Gasteiger partial charge in [-0.2, -0.15) is 0 Å². The predicted molar refractivity (Wildman–Crippen MR) is 119 cm³/mol. The summed E-state index contributed by atoms with van der Waals surface area (Å²) in [5, 5.41) is 6.19. The van der Waals surface area contributed by atoms with E-state index in [4.69, 9.17) is 4.74 Å². The Morgan fingerprint density at radius 2 is 1.76 bits per heavy atom. The van der Waals surface area contributed by atoms with Gasteiger partial charge in [-0.05, 0) is 56.0 Å². The zero-order valence-corrected chi connectivity index (χ0v) is 18.0. The van der Waals surface area contributed by atoms with Crippen molar-refractivity contribution in [1.82, 2.24) is 10.2 Å². The Hall–Kier alpha value is -2.53. The number of urea groups is 1. The number of rotatable bonds is 7. The smallest absolute Gasteiger partial charge is 0.319 e. The highest BCUT2D eigenvalue weighted by Gasteiger charge is 2.26. The van der Waals surface area contributed by atoms with Gasteiger partial charge in [-0.1, -0.05) is 50.2 Å². The second kappa shape index (κ2) is 9.79. The standard InChI is InChI=1S/C24H33N3O2/c1-17(2)19-12-9-10-18(3)23(19)26-24(28)25-16-21(27-14-7-8-15-27)20-11-5-6-13-22(20)29-4/h5-6,9-13,17,21H,7-8,14-16H2,1-4H3,(H2,25,26,28). The lowest BCUT2D eigenvalue weighted by Crippen LogP contribution is -2.39. The van der Waals surface area contributed by atoms with Gasteiger partial charge in [0, 0.05) is 17.8 Å². The molecule has 1 aliphatic rings. The fraction of sp³-hybridized carbons (Fsp3) is 0.458. The molecule has 1 saturated heterocycles. The lowest BCUT2D eigenvalue weighted by Gasteiger charge is -2.29. The van der Waals surface area contributed by atoms with Gasteiger partial charge in [0.25, 0.3) is 0 Å². The van der Waals surface area contributed by atoms with Crippen LogP contribution in [0.1, 0.15) is 55.3 Å². The summed E-state index contributed by atoms with van der Waals surface area (Å²) in [7, 11) is 1.70. The van der Waals surface area contributed by atoms with Crippen LogP contribution in [0.5, 0.6) is 5.75 Å². The molecule has 1 unspecified atom stereocenters.